The molecule has 0 aliphatic heterocycles. The Morgan fingerprint density at radius 2 is 0.970 bits per heavy atom. The summed E-state index contributed by atoms with van der Waals surface area (Å²) in [6.07, 6.45) is 0. The van der Waals surface area contributed by atoms with E-state index in [2.05, 4.69) is 212 Å². The number of benzene rings is 10. The molecule has 0 aliphatic carbocycles. The Hall–Kier alpha value is -9.36. The van der Waals surface area contributed by atoms with Crippen molar-refractivity contribution in [1.82, 2.24) is 13.7 Å². The standard InChI is InChI=1S/C60H36N6/c1-62-50-37-56(40(38-61)35-57(50)65-52-28-16-13-25-47(52)58-45-24-12-11-17-39(45)29-32-54(58)65)66-53-33-30-44(63(41-18-5-2-6-19-41)42-20-7-3-8-21-42)36-49(53)46-31-34-55-59(60(46)66)48-26-14-15-27-51(48)64(55)43-22-9-4-10-23-43/h2-37H. The molecule has 6 heteroatoms. The van der Waals surface area contributed by atoms with Crippen LogP contribution in [0.5, 0.6) is 0 Å². The zero-order chi connectivity index (χ0) is 43.9. The summed E-state index contributed by atoms with van der Waals surface area (Å²) in [5.41, 5.74) is 12.4. The molecule has 0 bridgehead atoms. The van der Waals surface area contributed by atoms with Gasteiger partial charge in [-0.2, -0.15) is 5.26 Å². The van der Waals surface area contributed by atoms with E-state index < -0.39 is 0 Å². The molecule has 0 radical (unpaired) electrons. The molecule has 0 saturated heterocycles. The van der Waals surface area contributed by atoms with E-state index in [1.165, 1.54) is 0 Å². The summed E-state index contributed by atoms with van der Waals surface area (Å²) in [4.78, 5) is 6.55. The van der Waals surface area contributed by atoms with Crippen LogP contribution in [-0.4, -0.2) is 13.7 Å². The molecule has 0 spiro atoms. The van der Waals surface area contributed by atoms with E-state index in [-0.39, 0.29) is 0 Å². The second-order valence-electron chi connectivity index (χ2n) is 16.7. The Kier molecular flexibility index (Phi) is 8.24. The lowest BCUT2D eigenvalue weighted by Crippen LogP contribution is -2.09. The monoisotopic (exact) mass is 840 g/mol. The van der Waals surface area contributed by atoms with Gasteiger partial charge in [-0.15, -0.1) is 0 Å². The number of nitriles is 1. The van der Waals surface area contributed by atoms with E-state index in [1.54, 1.807) is 0 Å². The predicted molar refractivity (Wildman–Crippen MR) is 273 cm³/mol. The number of para-hydroxylation sites is 5. The van der Waals surface area contributed by atoms with Crippen LogP contribution in [0.3, 0.4) is 0 Å². The van der Waals surface area contributed by atoms with Crippen LogP contribution >= 0.6 is 0 Å². The Balaban J connectivity index is 1.15. The zero-order valence-corrected chi connectivity index (χ0v) is 35.5. The highest BCUT2D eigenvalue weighted by Crippen LogP contribution is 2.47. The molecular weight excluding hydrogens is 805 g/mol. The van der Waals surface area contributed by atoms with E-state index in [0.29, 0.717) is 22.6 Å². The fourth-order valence-corrected chi connectivity index (χ4v) is 10.5. The summed E-state index contributed by atoms with van der Waals surface area (Å²) in [6.45, 7) is 8.80. The molecule has 3 heterocycles. The van der Waals surface area contributed by atoms with Gasteiger partial charge in [-0.25, -0.2) is 4.85 Å². The van der Waals surface area contributed by atoms with Crippen LogP contribution in [0.4, 0.5) is 22.7 Å². The fourth-order valence-electron chi connectivity index (χ4n) is 10.5. The highest BCUT2D eigenvalue weighted by atomic mass is 15.1. The molecule has 3 aromatic heterocycles. The van der Waals surface area contributed by atoms with Crippen molar-refractivity contribution >= 4 is 98.9 Å². The molecule has 0 N–H and O–H groups in total. The van der Waals surface area contributed by atoms with Crippen LogP contribution in [0, 0.1) is 17.9 Å². The van der Waals surface area contributed by atoms with Gasteiger partial charge in [0.2, 0.25) is 5.69 Å². The van der Waals surface area contributed by atoms with Crippen molar-refractivity contribution in [3.8, 4) is 23.1 Å². The normalized spacial score (nSPS) is 11.6. The number of rotatable bonds is 6. The Bertz CT molecular complexity index is 4140. The topological polar surface area (TPSA) is 46.2 Å². The molecule has 0 atom stereocenters. The summed E-state index contributed by atoms with van der Waals surface area (Å²) in [6, 6.07) is 78.6. The van der Waals surface area contributed by atoms with Gasteiger partial charge in [0.25, 0.3) is 0 Å². The summed E-state index contributed by atoms with van der Waals surface area (Å²) in [7, 11) is 0. The van der Waals surface area contributed by atoms with E-state index in [0.717, 1.165) is 98.9 Å². The first-order chi connectivity index (χ1) is 32.7. The maximum Gasteiger partial charge on any atom is 0.212 e. The van der Waals surface area contributed by atoms with E-state index >= 15 is 0 Å². The number of anilines is 3. The molecule has 0 fully saturated rings. The maximum atomic E-state index is 11.4. The summed E-state index contributed by atoms with van der Waals surface area (Å²) >= 11 is 0. The number of hydrogen-bond donors (Lipinski definition) is 0. The van der Waals surface area contributed by atoms with Gasteiger partial charge in [0.05, 0.1) is 56.6 Å². The average molecular weight is 841 g/mol. The Morgan fingerprint density at radius 1 is 0.409 bits per heavy atom. The smallest absolute Gasteiger partial charge is 0.212 e. The molecule has 66 heavy (non-hydrogen) atoms. The molecule has 0 unspecified atom stereocenters. The summed E-state index contributed by atoms with van der Waals surface area (Å²) in [5, 5.41) is 20.1. The van der Waals surface area contributed by atoms with Gasteiger partial charge >= 0.3 is 0 Å². The van der Waals surface area contributed by atoms with Gasteiger partial charge in [-0.1, -0.05) is 127 Å². The third kappa shape index (κ3) is 5.40. The molecule has 0 aliphatic rings. The lowest BCUT2D eigenvalue weighted by Gasteiger charge is -2.25. The quantitative estimate of drug-likeness (QED) is 0.157. The molecule has 13 rings (SSSR count). The molecule has 306 valence electrons. The van der Waals surface area contributed by atoms with Crippen LogP contribution in [0.2, 0.25) is 0 Å². The Labute approximate surface area is 379 Å². The third-order valence-corrected chi connectivity index (χ3v) is 13.2. The van der Waals surface area contributed by atoms with Crippen LogP contribution < -0.4 is 4.90 Å². The van der Waals surface area contributed by atoms with Crippen molar-refractivity contribution in [3.05, 3.63) is 235 Å². The van der Waals surface area contributed by atoms with Gasteiger partial charge in [0.1, 0.15) is 6.07 Å². The predicted octanol–water partition coefficient (Wildman–Crippen LogP) is 16.0. The average Bonchev–Trinajstić information content (AvgIpc) is 4.02. The molecule has 0 amide bonds. The second kappa shape index (κ2) is 14.6. The molecule has 13 aromatic rings. The largest absolute Gasteiger partial charge is 0.319 e. The minimum absolute atomic E-state index is 0.449. The SMILES string of the molecule is [C-]#[N+]c1cc(-n2c3ccc(N(c4ccccc4)c4ccccc4)cc3c3ccc4c(c5ccccc5n4-c4ccccc4)c32)c(C#N)cc1-n1c2ccccc2c2c3ccccc3ccc21. The lowest BCUT2D eigenvalue weighted by molar-refractivity contribution is 1.14. The number of aromatic nitrogens is 3. The van der Waals surface area contributed by atoms with Crippen molar-refractivity contribution in [2.45, 2.75) is 0 Å². The van der Waals surface area contributed by atoms with Gasteiger partial charge in [-0.05, 0) is 102 Å². The highest BCUT2D eigenvalue weighted by molar-refractivity contribution is 6.27. The lowest BCUT2D eigenvalue weighted by atomic mass is 10.0. The fraction of sp³-hybridized carbons (Fsp3) is 0. The van der Waals surface area contributed by atoms with E-state index in [4.69, 9.17) is 6.57 Å². The minimum Gasteiger partial charge on any atom is -0.319 e. The van der Waals surface area contributed by atoms with Crippen molar-refractivity contribution in [1.29, 1.82) is 5.26 Å². The zero-order valence-electron chi connectivity index (χ0n) is 35.5. The molecular formula is C60H36N6. The third-order valence-electron chi connectivity index (χ3n) is 13.2. The van der Waals surface area contributed by atoms with Crippen molar-refractivity contribution in [3.63, 3.8) is 0 Å². The van der Waals surface area contributed by atoms with Gasteiger partial charge in [0.15, 0.2) is 0 Å². The molecule has 0 saturated carbocycles. The first kappa shape index (κ1) is 37.2. The summed E-state index contributed by atoms with van der Waals surface area (Å²) in [5.74, 6) is 0. The second-order valence-corrected chi connectivity index (χ2v) is 16.7. The van der Waals surface area contributed by atoms with Gasteiger partial charge < -0.3 is 18.6 Å². The first-order valence-electron chi connectivity index (χ1n) is 22.0. The van der Waals surface area contributed by atoms with Crippen molar-refractivity contribution < 1.29 is 0 Å². The first-order valence-corrected chi connectivity index (χ1v) is 22.0. The van der Waals surface area contributed by atoms with Crippen molar-refractivity contribution in [2.75, 3.05) is 4.90 Å². The number of hydrogen-bond acceptors (Lipinski definition) is 2. The van der Waals surface area contributed by atoms with Gasteiger partial charge in [-0.3, -0.25) is 0 Å². The summed E-state index contributed by atoms with van der Waals surface area (Å²) < 4.78 is 6.74. The highest BCUT2D eigenvalue weighted by Gasteiger charge is 2.26. The van der Waals surface area contributed by atoms with E-state index in [1.807, 2.05) is 36.4 Å². The minimum atomic E-state index is 0.449. The number of nitrogens with zero attached hydrogens (tertiary/aromatic N) is 6. The van der Waals surface area contributed by atoms with Crippen LogP contribution in [0.1, 0.15) is 5.56 Å². The van der Waals surface area contributed by atoms with Crippen LogP contribution in [0.25, 0.3) is 98.1 Å². The van der Waals surface area contributed by atoms with Gasteiger partial charge in [0, 0.05) is 55.1 Å². The number of fused-ring (bicyclic) bond motifs is 12. The molecule has 10 aromatic carbocycles. The Morgan fingerprint density at radius 3 is 1.67 bits per heavy atom. The molecule has 6 nitrogen and oxygen atoms in total. The van der Waals surface area contributed by atoms with E-state index in [9.17, 15) is 5.26 Å². The maximum absolute atomic E-state index is 11.4. The van der Waals surface area contributed by atoms with Crippen LogP contribution in [0.15, 0.2) is 218 Å². The van der Waals surface area contributed by atoms with Crippen molar-refractivity contribution in [2.24, 2.45) is 0 Å². The van der Waals surface area contributed by atoms with Crippen LogP contribution in [-0.2, 0) is 0 Å².